The summed E-state index contributed by atoms with van der Waals surface area (Å²) in [7, 11) is -0.468. The molecular formula is C23H26ClN3O5S2. The summed E-state index contributed by atoms with van der Waals surface area (Å²) < 4.78 is 40.6. The Morgan fingerprint density at radius 1 is 1.15 bits per heavy atom. The van der Waals surface area contributed by atoms with Crippen LogP contribution in [0.1, 0.15) is 12.8 Å². The highest BCUT2D eigenvalue weighted by Crippen LogP contribution is 2.26. The van der Waals surface area contributed by atoms with Gasteiger partial charge < -0.3 is 14.0 Å². The number of sulfonamides is 1. The number of hydrogen-bond donors (Lipinski definition) is 0. The number of fused-ring (bicyclic) bond motifs is 1. The molecule has 3 aromatic rings. The lowest BCUT2D eigenvalue weighted by atomic mass is 9.98. The van der Waals surface area contributed by atoms with E-state index in [0.717, 1.165) is 10.2 Å². The number of carbonyl (C=O) groups excluding carboxylic acids is 1. The van der Waals surface area contributed by atoms with Gasteiger partial charge in [-0.25, -0.2) is 8.42 Å². The van der Waals surface area contributed by atoms with Gasteiger partial charge in [-0.2, -0.15) is 9.30 Å². The topological polar surface area (TPSA) is 90.2 Å². The molecule has 182 valence electrons. The van der Waals surface area contributed by atoms with Crippen LogP contribution in [0.2, 0.25) is 5.02 Å². The predicted molar refractivity (Wildman–Crippen MR) is 132 cm³/mol. The first kappa shape index (κ1) is 24.9. The Morgan fingerprint density at radius 2 is 1.85 bits per heavy atom. The van der Waals surface area contributed by atoms with Crippen LogP contribution in [0.5, 0.6) is 5.75 Å². The van der Waals surface area contributed by atoms with Gasteiger partial charge in [0.05, 0.1) is 28.8 Å². The van der Waals surface area contributed by atoms with Crippen molar-refractivity contribution in [1.29, 1.82) is 0 Å². The monoisotopic (exact) mass is 523 g/mol. The van der Waals surface area contributed by atoms with E-state index in [1.54, 1.807) is 19.2 Å². The molecule has 1 aromatic heterocycles. The van der Waals surface area contributed by atoms with Crippen LogP contribution in [0.25, 0.3) is 10.2 Å². The second kappa shape index (κ2) is 10.6. The number of hydrogen-bond acceptors (Lipinski definition) is 6. The zero-order chi connectivity index (χ0) is 24.3. The fourth-order valence-electron chi connectivity index (χ4n) is 3.96. The second-order valence-corrected chi connectivity index (χ2v) is 11.3. The van der Waals surface area contributed by atoms with Crippen molar-refractivity contribution in [3.8, 4) is 5.75 Å². The van der Waals surface area contributed by atoms with E-state index >= 15 is 0 Å². The van der Waals surface area contributed by atoms with Gasteiger partial charge in [-0.05, 0) is 55.3 Å². The van der Waals surface area contributed by atoms with Crippen molar-refractivity contribution < 1.29 is 22.7 Å². The molecule has 0 unspecified atom stereocenters. The van der Waals surface area contributed by atoms with E-state index in [0.29, 0.717) is 41.6 Å². The lowest BCUT2D eigenvalue weighted by Gasteiger charge is -2.29. The Bertz CT molecular complexity index is 1340. The number of carbonyl (C=O) groups is 1. The Kier molecular flexibility index (Phi) is 7.73. The molecule has 0 aliphatic carbocycles. The highest BCUT2D eigenvalue weighted by Gasteiger charge is 2.32. The van der Waals surface area contributed by atoms with Crippen LogP contribution in [-0.2, 0) is 26.1 Å². The normalized spacial score (nSPS) is 16.3. The molecule has 11 heteroatoms. The number of benzene rings is 2. The highest BCUT2D eigenvalue weighted by atomic mass is 35.5. The smallest absolute Gasteiger partial charge is 0.251 e. The molecule has 1 aliphatic rings. The minimum atomic E-state index is -3.63. The maximum atomic E-state index is 13.0. The third-order valence-corrected chi connectivity index (χ3v) is 9.06. The summed E-state index contributed by atoms with van der Waals surface area (Å²) >= 11 is 7.54. The standard InChI is InChI=1S/C23H26ClN3O5S2/c1-31-14-13-27-20-8-3-17(24)15-21(20)33-23(27)25-22(28)16-9-11-26(12-10-16)34(29,30)19-6-4-18(32-2)5-7-19/h3-8,15-16H,9-14H2,1-2H3. The molecule has 1 fully saturated rings. The molecule has 0 atom stereocenters. The number of rotatable bonds is 7. The molecule has 34 heavy (non-hydrogen) atoms. The molecule has 4 rings (SSSR count). The molecule has 1 saturated heterocycles. The number of aromatic nitrogens is 1. The quantitative estimate of drug-likeness (QED) is 0.472. The predicted octanol–water partition coefficient (Wildman–Crippen LogP) is 3.54. The zero-order valence-corrected chi connectivity index (χ0v) is 21.3. The van der Waals surface area contributed by atoms with Crippen LogP contribution >= 0.6 is 22.9 Å². The first-order valence-corrected chi connectivity index (χ1v) is 13.5. The van der Waals surface area contributed by atoms with Crippen LogP contribution in [0.15, 0.2) is 52.4 Å². The number of methoxy groups -OCH3 is 2. The van der Waals surface area contributed by atoms with Gasteiger partial charge in [0.2, 0.25) is 10.0 Å². The third kappa shape index (κ3) is 5.21. The van der Waals surface area contributed by atoms with E-state index < -0.39 is 10.0 Å². The van der Waals surface area contributed by atoms with Gasteiger partial charge in [0, 0.05) is 37.7 Å². The van der Waals surface area contributed by atoms with Gasteiger partial charge in [-0.15, -0.1) is 0 Å². The third-order valence-electron chi connectivity index (χ3n) is 5.87. The van der Waals surface area contributed by atoms with Crippen molar-refractivity contribution in [2.24, 2.45) is 10.9 Å². The average Bonchev–Trinajstić information content (AvgIpc) is 3.18. The molecule has 0 radical (unpaired) electrons. The maximum absolute atomic E-state index is 13.0. The number of ether oxygens (including phenoxy) is 2. The molecule has 0 spiro atoms. The van der Waals surface area contributed by atoms with Crippen molar-refractivity contribution in [3.63, 3.8) is 0 Å². The van der Waals surface area contributed by atoms with E-state index in [1.807, 2.05) is 22.8 Å². The minimum Gasteiger partial charge on any atom is -0.497 e. The molecule has 2 aromatic carbocycles. The van der Waals surface area contributed by atoms with Crippen molar-refractivity contribution in [3.05, 3.63) is 52.3 Å². The second-order valence-electron chi connectivity index (χ2n) is 7.95. The van der Waals surface area contributed by atoms with Crippen LogP contribution in [0, 0.1) is 5.92 Å². The summed E-state index contributed by atoms with van der Waals surface area (Å²) in [4.78, 5) is 18.3. The average molecular weight is 524 g/mol. The van der Waals surface area contributed by atoms with Crippen LogP contribution < -0.4 is 9.54 Å². The summed E-state index contributed by atoms with van der Waals surface area (Å²) in [6.45, 7) is 1.58. The minimum absolute atomic E-state index is 0.214. The lowest BCUT2D eigenvalue weighted by molar-refractivity contribution is -0.122. The van der Waals surface area contributed by atoms with E-state index in [9.17, 15) is 13.2 Å². The van der Waals surface area contributed by atoms with Crippen molar-refractivity contribution in [2.45, 2.75) is 24.3 Å². The first-order valence-electron chi connectivity index (χ1n) is 10.8. The van der Waals surface area contributed by atoms with Gasteiger partial charge in [-0.1, -0.05) is 22.9 Å². The van der Waals surface area contributed by atoms with Crippen LogP contribution in [-0.4, -0.2) is 57.1 Å². The molecule has 0 N–H and O–H groups in total. The molecule has 0 bridgehead atoms. The fourth-order valence-corrected chi connectivity index (χ4v) is 6.76. The molecule has 1 aliphatic heterocycles. The number of halogens is 1. The highest BCUT2D eigenvalue weighted by molar-refractivity contribution is 7.89. The van der Waals surface area contributed by atoms with E-state index in [1.165, 1.54) is 34.9 Å². The molecule has 8 nitrogen and oxygen atoms in total. The Labute approximate surface area is 207 Å². The van der Waals surface area contributed by atoms with Gasteiger partial charge >= 0.3 is 0 Å². The van der Waals surface area contributed by atoms with E-state index in [4.69, 9.17) is 21.1 Å². The molecule has 2 heterocycles. The molecular weight excluding hydrogens is 498 g/mol. The molecule has 0 saturated carbocycles. The number of amides is 1. The maximum Gasteiger partial charge on any atom is 0.251 e. The number of piperidine rings is 1. The molecule has 1 amide bonds. The van der Waals surface area contributed by atoms with Crippen molar-refractivity contribution in [2.75, 3.05) is 33.9 Å². The van der Waals surface area contributed by atoms with Gasteiger partial charge in [0.1, 0.15) is 5.75 Å². The van der Waals surface area contributed by atoms with E-state index in [2.05, 4.69) is 4.99 Å². The number of nitrogens with zero attached hydrogens (tertiary/aromatic N) is 3. The summed E-state index contributed by atoms with van der Waals surface area (Å²) in [5, 5.41) is 0.621. The largest absolute Gasteiger partial charge is 0.497 e. The Morgan fingerprint density at radius 3 is 2.50 bits per heavy atom. The van der Waals surface area contributed by atoms with Gasteiger partial charge in [0.15, 0.2) is 4.80 Å². The van der Waals surface area contributed by atoms with E-state index in [-0.39, 0.29) is 29.8 Å². The van der Waals surface area contributed by atoms with Crippen molar-refractivity contribution >= 4 is 49.1 Å². The van der Waals surface area contributed by atoms with Crippen molar-refractivity contribution in [1.82, 2.24) is 8.87 Å². The fraction of sp³-hybridized carbons (Fsp3) is 0.391. The number of thiazole rings is 1. The summed E-state index contributed by atoms with van der Waals surface area (Å²) in [6, 6.07) is 11.9. The Hall–Kier alpha value is -2.24. The summed E-state index contributed by atoms with van der Waals surface area (Å²) in [5.41, 5.74) is 0.943. The van der Waals surface area contributed by atoms with Gasteiger partial charge in [-0.3, -0.25) is 4.79 Å². The Balaban J connectivity index is 1.51. The zero-order valence-electron chi connectivity index (χ0n) is 18.9. The SMILES string of the molecule is COCCn1c(=NC(=O)C2CCN(S(=O)(=O)c3ccc(OC)cc3)CC2)sc2cc(Cl)ccc21. The summed E-state index contributed by atoms with van der Waals surface area (Å²) in [5.74, 6) is 0.0356. The first-order chi connectivity index (χ1) is 16.3. The van der Waals surface area contributed by atoms with Gasteiger partial charge in [0.25, 0.3) is 5.91 Å². The lowest BCUT2D eigenvalue weighted by Crippen LogP contribution is -2.40. The van der Waals surface area contributed by atoms with Crippen LogP contribution in [0.3, 0.4) is 0 Å². The summed E-state index contributed by atoms with van der Waals surface area (Å²) in [6.07, 6.45) is 0.846. The van der Waals surface area contributed by atoms with Crippen LogP contribution in [0.4, 0.5) is 0 Å².